The largest absolute Gasteiger partial charge is 0.322 e. The van der Waals surface area contributed by atoms with Gasteiger partial charge >= 0.3 is 0 Å². The van der Waals surface area contributed by atoms with Crippen LogP contribution in [0, 0.1) is 0 Å². The first-order chi connectivity index (χ1) is 15.0. The molecule has 162 valence electrons. The van der Waals surface area contributed by atoms with Gasteiger partial charge in [-0.05, 0) is 29.7 Å². The Morgan fingerprint density at radius 2 is 2.03 bits per heavy atom. The fourth-order valence-corrected chi connectivity index (χ4v) is 4.87. The highest BCUT2D eigenvalue weighted by atomic mass is 16.2. The van der Waals surface area contributed by atoms with Crippen LogP contribution in [0.1, 0.15) is 46.1 Å². The molecule has 4 heterocycles. The van der Waals surface area contributed by atoms with Crippen LogP contribution in [-0.2, 0) is 29.7 Å². The normalized spacial score (nSPS) is 24.4. The van der Waals surface area contributed by atoms with Gasteiger partial charge in [-0.25, -0.2) is 0 Å². The molecule has 0 saturated carbocycles. The van der Waals surface area contributed by atoms with E-state index in [0.717, 1.165) is 43.0 Å². The van der Waals surface area contributed by atoms with Gasteiger partial charge in [-0.2, -0.15) is 5.10 Å². The Kier molecular flexibility index (Phi) is 5.07. The van der Waals surface area contributed by atoms with Gasteiger partial charge in [0.05, 0.1) is 11.7 Å². The van der Waals surface area contributed by atoms with E-state index in [1.54, 1.807) is 4.90 Å². The van der Waals surface area contributed by atoms with Gasteiger partial charge < -0.3 is 10.2 Å². The summed E-state index contributed by atoms with van der Waals surface area (Å²) in [6.07, 6.45) is 2.46. The molecular weight excluding hydrogens is 396 g/mol. The number of carbonyl (C=O) groups is 3. The monoisotopic (exact) mass is 422 g/mol. The predicted molar refractivity (Wildman–Crippen MR) is 112 cm³/mol. The van der Waals surface area contributed by atoms with Crippen molar-refractivity contribution in [1.82, 2.24) is 30.2 Å². The number of aromatic nitrogens is 2. The van der Waals surface area contributed by atoms with E-state index in [4.69, 9.17) is 0 Å². The smallest absolute Gasteiger partial charge is 0.255 e. The van der Waals surface area contributed by atoms with Gasteiger partial charge in [0, 0.05) is 58.0 Å². The Labute approximate surface area is 180 Å². The predicted octanol–water partition coefficient (Wildman–Crippen LogP) is 0.328. The molecule has 2 fully saturated rings. The van der Waals surface area contributed by atoms with Crippen LogP contribution in [-0.4, -0.2) is 63.0 Å². The number of carbonyl (C=O) groups excluding carboxylic acids is 3. The van der Waals surface area contributed by atoms with Crippen molar-refractivity contribution in [2.75, 3.05) is 19.6 Å². The number of hydrogen-bond acceptors (Lipinski definition) is 6. The molecule has 2 atom stereocenters. The summed E-state index contributed by atoms with van der Waals surface area (Å²) >= 11 is 0. The van der Waals surface area contributed by atoms with Gasteiger partial charge in [0.15, 0.2) is 0 Å². The molecule has 5 rings (SSSR count). The molecule has 2 aromatic rings. The molecule has 1 aromatic carbocycles. The quantitative estimate of drug-likeness (QED) is 0.689. The second-order valence-electron chi connectivity index (χ2n) is 8.46. The number of imide groups is 1. The van der Waals surface area contributed by atoms with E-state index in [1.807, 2.05) is 30.1 Å². The number of nitrogens with zero attached hydrogens (tertiary/aromatic N) is 4. The molecule has 0 radical (unpaired) electrons. The minimum atomic E-state index is -0.580. The molecule has 1 aromatic heterocycles. The summed E-state index contributed by atoms with van der Waals surface area (Å²) in [7, 11) is 1.96. The standard InChI is InChI=1S/C22H26N6O3/c1-26-17(6-7-24-26)19-11-23-8-9-27(19)12-14-2-3-15-13-28(22(31)16(15)10-14)18-4-5-20(29)25-21(18)30/h2-3,6-7,10,18-19,23H,4-5,8-9,11-13H2,1H3,(H,25,29,30). The summed E-state index contributed by atoms with van der Waals surface area (Å²) in [6, 6.07) is 7.72. The number of aryl methyl sites for hydroxylation is 1. The Hall–Kier alpha value is -3.04. The van der Waals surface area contributed by atoms with Crippen LogP contribution < -0.4 is 10.6 Å². The maximum absolute atomic E-state index is 13.1. The fraction of sp³-hybridized carbons (Fsp3) is 0.455. The van der Waals surface area contributed by atoms with E-state index < -0.39 is 6.04 Å². The zero-order valence-corrected chi connectivity index (χ0v) is 17.5. The summed E-state index contributed by atoms with van der Waals surface area (Å²) in [5.74, 6) is -0.779. The summed E-state index contributed by atoms with van der Waals surface area (Å²) in [4.78, 5) is 40.8. The molecule has 3 aliphatic heterocycles. The molecular formula is C22H26N6O3. The van der Waals surface area contributed by atoms with Crippen molar-refractivity contribution < 1.29 is 14.4 Å². The van der Waals surface area contributed by atoms with Crippen molar-refractivity contribution in [2.24, 2.45) is 7.05 Å². The highest BCUT2D eigenvalue weighted by Crippen LogP contribution is 2.30. The van der Waals surface area contributed by atoms with Crippen LogP contribution in [0.4, 0.5) is 0 Å². The fourth-order valence-electron chi connectivity index (χ4n) is 4.87. The molecule has 9 nitrogen and oxygen atoms in total. The lowest BCUT2D eigenvalue weighted by Gasteiger charge is -2.36. The van der Waals surface area contributed by atoms with Crippen LogP contribution >= 0.6 is 0 Å². The highest BCUT2D eigenvalue weighted by Gasteiger charge is 2.39. The highest BCUT2D eigenvalue weighted by molar-refractivity contribution is 6.05. The van der Waals surface area contributed by atoms with Crippen molar-refractivity contribution in [3.63, 3.8) is 0 Å². The van der Waals surface area contributed by atoms with Crippen LogP contribution in [0.3, 0.4) is 0 Å². The zero-order valence-electron chi connectivity index (χ0n) is 17.5. The Balaban J connectivity index is 1.34. The average Bonchev–Trinajstić information content (AvgIpc) is 3.32. The number of benzene rings is 1. The van der Waals surface area contributed by atoms with E-state index in [0.29, 0.717) is 18.5 Å². The Morgan fingerprint density at radius 3 is 2.81 bits per heavy atom. The van der Waals surface area contributed by atoms with Crippen LogP contribution in [0.25, 0.3) is 0 Å². The van der Waals surface area contributed by atoms with Gasteiger partial charge in [-0.15, -0.1) is 0 Å². The summed E-state index contributed by atoms with van der Waals surface area (Å²) in [5, 5.41) is 10.1. The number of rotatable bonds is 4. The molecule has 3 aliphatic rings. The van der Waals surface area contributed by atoms with Crippen molar-refractivity contribution in [1.29, 1.82) is 0 Å². The molecule has 9 heteroatoms. The van der Waals surface area contributed by atoms with Crippen LogP contribution in [0.5, 0.6) is 0 Å². The van der Waals surface area contributed by atoms with Crippen molar-refractivity contribution >= 4 is 17.7 Å². The molecule has 2 saturated heterocycles. The van der Waals surface area contributed by atoms with E-state index in [-0.39, 0.29) is 30.2 Å². The number of piperidine rings is 1. The summed E-state index contributed by atoms with van der Waals surface area (Å²) < 4.78 is 1.91. The SMILES string of the molecule is Cn1nccc1C1CNCCN1Cc1ccc2c(c1)C(=O)N(C1CCC(=O)NC1=O)C2. The minimum Gasteiger partial charge on any atom is -0.322 e. The van der Waals surface area contributed by atoms with Gasteiger partial charge in [0.1, 0.15) is 6.04 Å². The lowest BCUT2D eigenvalue weighted by atomic mass is 10.0. The summed E-state index contributed by atoms with van der Waals surface area (Å²) in [5.41, 5.74) is 3.83. The van der Waals surface area contributed by atoms with Gasteiger partial charge in [-0.1, -0.05) is 12.1 Å². The zero-order chi connectivity index (χ0) is 21.5. The minimum absolute atomic E-state index is 0.130. The van der Waals surface area contributed by atoms with Gasteiger partial charge in [0.25, 0.3) is 5.91 Å². The first-order valence-corrected chi connectivity index (χ1v) is 10.7. The van der Waals surface area contributed by atoms with Crippen LogP contribution in [0.2, 0.25) is 0 Å². The van der Waals surface area contributed by atoms with E-state index in [9.17, 15) is 14.4 Å². The molecule has 2 N–H and O–H groups in total. The third-order valence-corrected chi connectivity index (χ3v) is 6.53. The third-order valence-electron chi connectivity index (χ3n) is 6.53. The first kappa shape index (κ1) is 19.9. The number of nitrogens with one attached hydrogen (secondary N) is 2. The van der Waals surface area contributed by atoms with Crippen LogP contribution in [0.15, 0.2) is 30.5 Å². The van der Waals surface area contributed by atoms with E-state index in [2.05, 4.69) is 32.8 Å². The number of amides is 3. The summed E-state index contributed by atoms with van der Waals surface area (Å²) in [6.45, 7) is 3.82. The third kappa shape index (κ3) is 3.64. The topological polar surface area (TPSA) is 99.6 Å². The molecule has 0 bridgehead atoms. The molecule has 0 aliphatic carbocycles. The number of fused-ring (bicyclic) bond motifs is 1. The Bertz CT molecular complexity index is 1050. The number of hydrogen-bond donors (Lipinski definition) is 2. The lowest BCUT2D eigenvalue weighted by molar-refractivity contribution is -0.136. The second-order valence-corrected chi connectivity index (χ2v) is 8.46. The molecule has 0 spiro atoms. The van der Waals surface area contributed by atoms with Crippen molar-refractivity contribution in [3.8, 4) is 0 Å². The maximum Gasteiger partial charge on any atom is 0.255 e. The lowest BCUT2D eigenvalue weighted by Crippen LogP contribution is -2.52. The first-order valence-electron chi connectivity index (χ1n) is 10.7. The average molecular weight is 422 g/mol. The van der Waals surface area contributed by atoms with Gasteiger partial charge in [-0.3, -0.25) is 29.3 Å². The van der Waals surface area contributed by atoms with Crippen molar-refractivity contribution in [3.05, 3.63) is 52.8 Å². The van der Waals surface area contributed by atoms with Crippen molar-refractivity contribution in [2.45, 2.75) is 38.0 Å². The Morgan fingerprint density at radius 1 is 1.16 bits per heavy atom. The van der Waals surface area contributed by atoms with Gasteiger partial charge in [0.2, 0.25) is 11.8 Å². The maximum atomic E-state index is 13.1. The molecule has 31 heavy (non-hydrogen) atoms. The van der Waals surface area contributed by atoms with E-state index in [1.165, 1.54) is 0 Å². The van der Waals surface area contributed by atoms with E-state index >= 15 is 0 Å². The number of piperazine rings is 1. The second kappa shape index (κ2) is 7.90. The molecule has 3 amide bonds. The molecule has 2 unspecified atom stereocenters.